The van der Waals surface area contributed by atoms with Crippen molar-refractivity contribution in [2.24, 2.45) is 0 Å². The number of hydrogen-bond donors (Lipinski definition) is 2. The molecule has 2 aromatic rings. The molecule has 2 aromatic carbocycles. The number of fused-ring (bicyclic) bond motifs is 1. The van der Waals surface area contributed by atoms with Crippen LogP contribution in [0.25, 0.3) is 6.08 Å². The van der Waals surface area contributed by atoms with Crippen LogP contribution in [0.15, 0.2) is 48.2 Å². The molecule has 0 spiro atoms. The number of hydrogen-bond acceptors (Lipinski definition) is 4. The van der Waals surface area contributed by atoms with Gasteiger partial charge in [0.05, 0.1) is 5.69 Å². The van der Waals surface area contributed by atoms with Crippen molar-refractivity contribution in [3.63, 3.8) is 0 Å². The lowest BCUT2D eigenvalue weighted by atomic mass is 10.1. The highest BCUT2D eigenvalue weighted by molar-refractivity contribution is 6.32. The molecule has 1 saturated heterocycles. The number of piperidine rings is 1. The molecule has 2 aliphatic rings. The molecule has 2 N–H and O–H groups in total. The molecule has 0 unspecified atom stereocenters. The normalized spacial score (nSPS) is 17.8. The summed E-state index contributed by atoms with van der Waals surface area (Å²) in [6, 6.07) is 12.2. The number of anilines is 1. The molecule has 0 atom stereocenters. The second-order valence-electron chi connectivity index (χ2n) is 7.46. The van der Waals surface area contributed by atoms with Crippen molar-refractivity contribution < 1.29 is 14.3 Å². The van der Waals surface area contributed by atoms with Gasteiger partial charge in [-0.15, -0.1) is 0 Å². The third-order valence-electron chi connectivity index (χ3n) is 5.29. The molecule has 0 aliphatic carbocycles. The lowest BCUT2D eigenvalue weighted by Crippen LogP contribution is -2.37. The number of amides is 2. The molecule has 156 valence electrons. The Labute approximate surface area is 180 Å². The standard InChI is InChI=1S/C23H24ClN3O3/c24-18-7-3-2-6-16(18)15-21-23(29)26-19-14-17(8-9-20(19)30-21)22(28)25-10-13-27-11-4-1-5-12-27/h2-3,6-9,14-15H,1,4-5,10-13H2,(H,25,28)(H,26,29)/b21-15+. The van der Waals surface area contributed by atoms with Gasteiger partial charge in [-0.1, -0.05) is 36.2 Å². The van der Waals surface area contributed by atoms with Gasteiger partial charge in [0, 0.05) is 23.7 Å². The number of halogens is 1. The van der Waals surface area contributed by atoms with E-state index in [9.17, 15) is 9.59 Å². The summed E-state index contributed by atoms with van der Waals surface area (Å²) in [5.41, 5.74) is 1.65. The van der Waals surface area contributed by atoms with E-state index >= 15 is 0 Å². The van der Waals surface area contributed by atoms with Gasteiger partial charge in [-0.25, -0.2) is 0 Å². The molecule has 4 rings (SSSR count). The molecule has 6 nitrogen and oxygen atoms in total. The van der Waals surface area contributed by atoms with E-state index in [-0.39, 0.29) is 17.6 Å². The maximum Gasteiger partial charge on any atom is 0.291 e. The van der Waals surface area contributed by atoms with Crippen LogP contribution in [0.1, 0.15) is 35.2 Å². The van der Waals surface area contributed by atoms with Crippen molar-refractivity contribution >= 4 is 35.2 Å². The maximum atomic E-state index is 12.5. The highest BCUT2D eigenvalue weighted by atomic mass is 35.5. The molecular formula is C23H24ClN3O3. The minimum Gasteiger partial charge on any atom is -0.449 e. The van der Waals surface area contributed by atoms with E-state index in [4.69, 9.17) is 16.3 Å². The zero-order chi connectivity index (χ0) is 20.9. The number of rotatable bonds is 5. The molecule has 1 fully saturated rings. The van der Waals surface area contributed by atoms with Crippen LogP contribution in [0.2, 0.25) is 5.02 Å². The third-order valence-corrected chi connectivity index (χ3v) is 5.63. The minimum absolute atomic E-state index is 0.148. The molecular weight excluding hydrogens is 402 g/mol. The Bertz CT molecular complexity index is 983. The summed E-state index contributed by atoms with van der Waals surface area (Å²) < 4.78 is 5.75. The van der Waals surface area contributed by atoms with Crippen molar-refractivity contribution in [1.82, 2.24) is 10.2 Å². The predicted octanol–water partition coefficient (Wildman–Crippen LogP) is 3.93. The van der Waals surface area contributed by atoms with Gasteiger partial charge in [0.1, 0.15) is 0 Å². The van der Waals surface area contributed by atoms with Crippen molar-refractivity contribution in [3.8, 4) is 5.75 Å². The Morgan fingerprint density at radius 3 is 2.77 bits per heavy atom. The van der Waals surface area contributed by atoms with Crippen LogP contribution in [0.5, 0.6) is 5.75 Å². The van der Waals surface area contributed by atoms with Crippen LogP contribution >= 0.6 is 11.6 Å². The molecule has 0 aromatic heterocycles. The fourth-order valence-corrected chi connectivity index (χ4v) is 3.84. The van der Waals surface area contributed by atoms with Crippen LogP contribution in [0.4, 0.5) is 5.69 Å². The molecule has 0 bridgehead atoms. The molecule has 0 radical (unpaired) electrons. The van der Waals surface area contributed by atoms with Gasteiger partial charge in [-0.3, -0.25) is 9.59 Å². The van der Waals surface area contributed by atoms with E-state index in [1.165, 1.54) is 19.3 Å². The van der Waals surface area contributed by atoms with Gasteiger partial charge >= 0.3 is 0 Å². The van der Waals surface area contributed by atoms with Crippen LogP contribution < -0.4 is 15.4 Å². The first-order valence-corrected chi connectivity index (χ1v) is 10.6. The quantitative estimate of drug-likeness (QED) is 0.712. The fourth-order valence-electron chi connectivity index (χ4n) is 3.65. The predicted molar refractivity (Wildman–Crippen MR) is 118 cm³/mol. The van der Waals surface area contributed by atoms with Gasteiger partial charge in [-0.05, 0) is 61.8 Å². The lowest BCUT2D eigenvalue weighted by molar-refractivity contribution is -0.115. The zero-order valence-electron chi connectivity index (χ0n) is 16.6. The molecule has 0 saturated carbocycles. The van der Waals surface area contributed by atoms with Crippen LogP contribution in [0, 0.1) is 0 Å². The maximum absolute atomic E-state index is 12.5. The van der Waals surface area contributed by atoms with Gasteiger partial charge < -0.3 is 20.3 Å². The third kappa shape index (κ3) is 4.83. The van der Waals surface area contributed by atoms with Crippen LogP contribution in [0.3, 0.4) is 0 Å². The van der Waals surface area contributed by atoms with Crippen molar-refractivity contribution in [1.29, 1.82) is 0 Å². The minimum atomic E-state index is -0.384. The topological polar surface area (TPSA) is 70.7 Å². The van der Waals surface area contributed by atoms with E-state index in [2.05, 4.69) is 15.5 Å². The summed E-state index contributed by atoms with van der Waals surface area (Å²) in [5, 5.41) is 6.27. The fraction of sp³-hybridized carbons (Fsp3) is 0.304. The summed E-state index contributed by atoms with van der Waals surface area (Å²) in [7, 11) is 0. The van der Waals surface area contributed by atoms with E-state index in [0.717, 1.165) is 19.6 Å². The lowest BCUT2D eigenvalue weighted by Gasteiger charge is -2.26. The van der Waals surface area contributed by atoms with E-state index < -0.39 is 0 Å². The Balaban J connectivity index is 1.40. The number of ether oxygens (including phenoxy) is 1. The molecule has 2 aliphatic heterocycles. The first kappa shape index (κ1) is 20.4. The Morgan fingerprint density at radius 1 is 1.17 bits per heavy atom. The second kappa shape index (κ2) is 9.32. The Kier molecular flexibility index (Phi) is 6.35. The van der Waals surface area contributed by atoms with E-state index in [1.54, 1.807) is 36.4 Å². The van der Waals surface area contributed by atoms with Crippen molar-refractivity contribution in [2.45, 2.75) is 19.3 Å². The van der Waals surface area contributed by atoms with Gasteiger partial charge in [-0.2, -0.15) is 0 Å². The first-order valence-electron chi connectivity index (χ1n) is 10.2. The molecule has 30 heavy (non-hydrogen) atoms. The summed E-state index contributed by atoms with van der Waals surface area (Å²) in [6.45, 7) is 3.65. The smallest absolute Gasteiger partial charge is 0.291 e. The summed E-state index contributed by atoms with van der Waals surface area (Å²) >= 11 is 6.16. The molecule has 7 heteroatoms. The first-order chi connectivity index (χ1) is 14.6. The van der Waals surface area contributed by atoms with Gasteiger partial charge in [0.25, 0.3) is 11.8 Å². The molecule has 2 amide bonds. The van der Waals surface area contributed by atoms with Gasteiger partial charge in [0.2, 0.25) is 0 Å². The SMILES string of the molecule is O=C1Nc2cc(C(=O)NCCN3CCCCC3)ccc2O/C1=C/c1ccccc1Cl. The summed E-state index contributed by atoms with van der Waals surface area (Å²) in [6.07, 6.45) is 5.35. The van der Waals surface area contributed by atoms with Crippen LogP contribution in [-0.2, 0) is 4.79 Å². The number of benzene rings is 2. The highest BCUT2D eigenvalue weighted by Crippen LogP contribution is 2.33. The van der Waals surface area contributed by atoms with Crippen LogP contribution in [-0.4, -0.2) is 42.9 Å². The largest absolute Gasteiger partial charge is 0.449 e. The number of nitrogens with zero attached hydrogens (tertiary/aromatic N) is 1. The van der Waals surface area contributed by atoms with E-state index in [1.807, 2.05) is 12.1 Å². The van der Waals surface area contributed by atoms with E-state index in [0.29, 0.717) is 34.1 Å². The van der Waals surface area contributed by atoms with Crippen molar-refractivity contribution in [3.05, 3.63) is 64.4 Å². The van der Waals surface area contributed by atoms with Gasteiger partial charge in [0.15, 0.2) is 11.5 Å². The number of carbonyl (C=O) groups excluding carboxylic acids is 2. The average Bonchev–Trinajstić information content (AvgIpc) is 2.76. The summed E-state index contributed by atoms with van der Waals surface area (Å²) in [5.74, 6) is 0.0821. The zero-order valence-corrected chi connectivity index (χ0v) is 17.4. The van der Waals surface area contributed by atoms with Crippen molar-refractivity contribution in [2.75, 3.05) is 31.5 Å². The molecule has 2 heterocycles. The number of nitrogens with one attached hydrogen (secondary N) is 2. The Hall–Kier alpha value is -2.83. The second-order valence-corrected chi connectivity index (χ2v) is 7.86. The monoisotopic (exact) mass is 425 g/mol. The average molecular weight is 426 g/mol. The number of carbonyl (C=O) groups is 2. The number of likely N-dealkylation sites (tertiary alicyclic amines) is 1. The highest BCUT2D eigenvalue weighted by Gasteiger charge is 2.23. The summed E-state index contributed by atoms with van der Waals surface area (Å²) in [4.78, 5) is 27.3. The Morgan fingerprint density at radius 2 is 1.97 bits per heavy atom.